The van der Waals surface area contributed by atoms with Crippen LogP contribution in [0.2, 0.25) is 0 Å². The zero-order valence-corrected chi connectivity index (χ0v) is 13.6. The Morgan fingerprint density at radius 2 is 1.75 bits per heavy atom. The minimum Gasteiger partial charge on any atom is -0.467 e. The number of esters is 1. The minimum atomic E-state index is -0.722. The first kappa shape index (κ1) is 17.2. The number of nitrogens with zero attached hydrogens (tertiary/aromatic N) is 2. The van der Waals surface area contributed by atoms with E-state index in [0.717, 1.165) is 0 Å². The summed E-state index contributed by atoms with van der Waals surface area (Å²) in [5, 5.41) is 8.88. The molecule has 0 fully saturated rings. The van der Waals surface area contributed by atoms with E-state index in [0.29, 0.717) is 23.2 Å². The highest BCUT2D eigenvalue weighted by Gasteiger charge is 2.31. The van der Waals surface area contributed by atoms with Crippen LogP contribution in [0.1, 0.15) is 29.3 Å². The summed E-state index contributed by atoms with van der Waals surface area (Å²) in [5.41, 5.74) is 1.49. The number of anilines is 1. The van der Waals surface area contributed by atoms with Crippen molar-refractivity contribution in [2.75, 3.05) is 12.0 Å². The fraction of sp³-hybridized carbons (Fsp3) is 0.211. The topological polar surface area (TPSA) is 70.4 Å². The molecule has 0 spiro atoms. The number of hydrogen-bond donors (Lipinski definition) is 0. The number of para-hydroxylation sites is 1. The number of benzene rings is 2. The van der Waals surface area contributed by atoms with E-state index in [4.69, 9.17) is 10.00 Å². The lowest BCUT2D eigenvalue weighted by molar-refractivity contribution is -0.142. The van der Waals surface area contributed by atoms with E-state index in [1.165, 1.54) is 12.0 Å². The molecule has 0 aromatic heterocycles. The third-order valence-electron chi connectivity index (χ3n) is 3.69. The smallest absolute Gasteiger partial charge is 0.328 e. The Morgan fingerprint density at radius 3 is 2.25 bits per heavy atom. The first-order valence-electron chi connectivity index (χ1n) is 7.59. The van der Waals surface area contributed by atoms with Gasteiger partial charge in [0.1, 0.15) is 6.04 Å². The average molecular weight is 322 g/mol. The monoisotopic (exact) mass is 322 g/mol. The summed E-state index contributed by atoms with van der Waals surface area (Å²) in [7, 11) is 1.31. The van der Waals surface area contributed by atoms with Gasteiger partial charge in [-0.25, -0.2) is 4.79 Å². The van der Waals surface area contributed by atoms with E-state index in [-0.39, 0.29) is 5.91 Å². The zero-order chi connectivity index (χ0) is 17.5. The second kappa shape index (κ2) is 7.93. The van der Waals surface area contributed by atoms with Crippen molar-refractivity contribution in [3.8, 4) is 6.07 Å². The molecule has 24 heavy (non-hydrogen) atoms. The van der Waals surface area contributed by atoms with Crippen molar-refractivity contribution >= 4 is 17.6 Å². The molecule has 1 atom stereocenters. The largest absolute Gasteiger partial charge is 0.467 e. The molecule has 0 aliphatic carbocycles. The second-order valence-corrected chi connectivity index (χ2v) is 5.15. The van der Waals surface area contributed by atoms with Gasteiger partial charge >= 0.3 is 5.97 Å². The maximum atomic E-state index is 13.0. The number of rotatable bonds is 5. The zero-order valence-electron chi connectivity index (χ0n) is 13.6. The molecule has 0 saturated heterocycles. The van der Waals surface area contributed by atoms with Crippen LogP contribution in [-0.2, 0) is 9.53 Å². The van der Waals surface area contributed by atoms with E-state index in [9.17, 15) is 9.59 Å². The standard InChI is InChI=1S/C19H18N2O3/c1-3-17(19(23)24-2)21(16-7-5-4-6-8-16)18(22)15-11-9-14(13-20)10-12-15/h4-12,17H,3H2,1-2H3. The van der Waals surface area contributed by atoms with E-state index >= 15 is 0 Å². The van der Waals surface area contributed by atoms with Gasteiger partial charge in [-0.3, -0.25) is 9.69 Å². The van der Waals surface area contributed by atoms with Crippen molar-refractivity contribution < 1.29 is 14.3 Å². The molecule has 122 valence electrons. The highest BCUT2D eigenvalue weighted by molar-refractivity contribution is 6.09. The quantitative estimate of drug-likeness (QED) is 0.793. The van der Waals surface area contributed by atoms with E-state index in [1.807, 2.05) is 19.1 Å². The first-order valence-corrected chi connectivity index (χ1v) is 7.59. The average Bonchev–Trinajstić information content (AvgIpc) is 2.65. The maximum absolute atomic E-state index is 13.0. The Balaban J connectivity index is 2.46. The normalized spacial score (nSPS) is 11.2. The predicted molar refractivity (Wildman–Crippen MR) is 90.5 cm³/mol. The van der Waals surface area contributed by atoms with Gasteiger partial charge in [0.15, 0.2) is 0 Å². The molecule has 0 bridgehead atoms. The number of amides is 1. The Kier molecular flexibility index (Phi) is 5.69. The van der Waals surface area contributed by atoms with Gasteiger partial charge in [0.25, 0.3) is 5.91 Å². The minimum absolute atomic E-state index is 0.317. The Morgan fingerprint density at radius 1 is 1.12 bits per heavy atom. The Bertz CT molecular complexity index is 748. The van der Waals surface area contributed by atoms with E-state index in [2.05, 4.69) is 0 Å². The van der Waals surface area contributed by atoms with Crippen LogP contribution in [0.15, 0.2) is 54.6 Å². The van der Waals surface area contributed by atoms with Crippen LogP contribution < -0.4 is 4.90 Å². The lowest BCUT2D eigenvalue weighted by Crippen LogP contribution is -2.45. The lowest BCUT2D eigenvalue weighted by atomic mass is 10.1. The molecule has 2 aromatic carbocycles. The summed E-state index contributed by atoms with van der Waals surface area (Å²) >= 11 is 0. The van der Waals surface area contributed by atoms with Gasteiger partial charge in [0.2, 0.25) is 0 Å². The third-order valence-corrected chi connectivity index (χ3v) is 3.69. The van der Waals surface area contributed by atoms with Gasteiger partial charge in [-0.2, -0.15) is 5.26 Å². The molecule has 2 rings (SSSR count). The lowest BCUT2D eigenvalue weighted by Gasteiger charge is -2.29. The second-order valence-electron chi connectivity index (χ2n) is 5.15. The van der Waals surface area contributed by atoms with Crippen molar-refractivity contribution in [2.45, 2.75) is 19.4 Å². The third kappa shape index (κ3) is 3.61. The summed E-state index contributed by atoms with van der Waals surface area (Å²) < 4.78 is 4.85. The van der Waals surface area contributed by atoms with Crippen LogP contribution in [0.25, 0.3) is 0 Å². The Labute approximate surface area is 141 Å². The summed E-state index contributed by atoms with van der Waals surface area (Å²) in [6.07, 6.45) is 0.420. The van der Waals surface area contributed by atoms with Gasteiger partial charge in [0, 0.05) is 11.3 Å². The first-order chi connectivity index (χ1) is 11.6. The summed E-state index contributed by atoms with van der Waals surface area (Å²) in [6.45, 7) is 1.82. The highest BCUT2D eigenvalue weighted by Crippen LogP contribution is 2.22. The van der Waals surface area contributed by atoms with Crippen LogP contribution in [0.4, 0.5) is 5.69 Å². The van der Waals surface area contributed by atoms with Crippen LogP contribution >= 0.6 is 0 Å². The summed E-state index contributed by atoms with van der Waals surface area (Å²) in [5.74, 6) is -0.786. The maximum Gasteiger partial charge on any atom is 0.328 e. The number of ether oxygens (including phenoxy) is 1. The summed E-state index contributed by atoms with van der Waals surface area (Å²) in [4.78, 5) is 26.6. The van der Waals surface area contributed by atoms with Crippen LogP contribution in [0, 0.1) is 11.3 Å². The van der Waals surface area contributed by atoms with Crippen molar-refractivity contribution in [2.24, 2.45) is 0 Å². The molecule has 0 radical (unpaired) electrons. The number of methoxy groups -OCH3 is 1. The molecule has 5 nitrogen and oxygen atoms in total. The fourth-order valence-electron chi connectivity index (χ4n) is 2.44. The van der Waals surface area contributed by atoms with Crippen LogP contribution in [-0.4, -0.2) is 25.0 Å². The Hall–Kier alpha value is -3.13. The number of carbonyl (C=O) groups is 2. The number of hydrogen-bond acceptors (Lipinski definition) is 4. The van der Waals surface area contributed by atoms with Crippen molar-refractivity contribution in [1.82, 2.24) is 0 Å². The van der Waals surface area contributed by atoms with Crippen molar-refractivity contribution in [3.05, 3.63) is 65.7 Å². The molecule has 1 amide bonds. The molecule has 0 N–H and O–H groups in total. The molecule has 1 unspecified atom stereocenters. The molecule has 5 heteroatoms. The SMILES string of the molecule is CCC(C(=O)OC)N(C(=O)c1ccc(C#N)cc1)c1ccccc1. The van der Waals surface area contributed by atoms with Crippen LogP contribution in [0.5, 0.6) is 0 Å². The van der Waals surface area contributed by atoms with Gasteiger partial charge in [-0.1, -0.05) is 25.1 Å². The molecule has 0 aliphatic rings. The molecule has 2 aromatic rings. The molecular weight excluding hydrogens is 304 g/mol. The van der Waals surface area contributed by atoms with Gasteiger partial charge in [0.05, 0.1) is 18.7 Å². The van der Waals surface area contributed by atoms with E-state index < -0.39 is 12.0 Å². The van der Waals surface area contributed by atoms with E-state index in [1.54, 1.807) is 48.5 Å². The van der Waals surface area contributed by atoms with Gasteiger partial charge in [-0.15, -0.1) is 0 Å². The predicted octanol–water partition coefficient (Wildman–Crippen LogP) is 3.16. The molecule has 0 aliphatic heterocycles. The molecule has 0 saturated carbocycles. The van der Waals surface area contributed by atoms with Gasteiger partial charge in [-0.05, 0) is 42.8 Å². The number of carbonyl (C=O) groups excluding carboxylic acids is 2. The highest BCUT2D eigenvalue weighted by atomic mass is 16.5. The molecule has 0 heterocycles. The van der Waals surface area contributed by atoms with Crippen LogP contribution in [0.3, 0.4) is 0 Å². The van der Waals surface area contributed by atoms with Gasteiger partial charge < -0.3 is 4.74 Å². The number of nitriles is 1. The molecular formula is C19H18N2O3. The summed E-state index contributed by atoms with van der Waals surface area (Å²) in [6, 6.07) is 16.6. The van der Waals surface area contributed by atoms with Crippen molar-refractivity contribution in [3.63, 3.8) is 0 Å². The fourth-order valence-corrected chi connectivity index (χ4v) is 2.44. The van der Waals surface area contributed by atoms with Crippen molar-refractivity contribution in [1.29, 1.82) is 5.26 Å².